The van der Waals surface area contributed by atoms with Gasteiger partial charge in [-0.05, 0) is 23.9 Å². The summed E-state index contributed by atoms with van der Waals surface area (Å²) in [5.74, 6) is -0.767. The molecule has 1 aliphatic heterocycles. The van der Waals surface area contributed by atoms with Crippen molar-refractivity contribution in [3.8, 4) is 0 Å². The number of hydrogen-bond donors (Lipinski definition) is 1. The molecule has 1 amide bonds. The van der Waals surface area contributed by atoms with Crippen molar-refractivity contribution in [2.45, 2.75) is 38.7 Å². The quantitative estimate of drug-likeness (QED) is 0.760. The fourth-order valence-electron chi connectivity index (χ4n) is 3.47. The summed E-state index contributed by atoms with van der Waals surface area (Å²) in [6.07, 6.45) is -2.53. The molecule has 27 heavy (non-hydrogen) atoms. The molecule has 0 aliphatic carbocycles. The van der Waals surface area contributed by atoms with Crippen molar-refractivity contribution >= 4 is 16.8 Å². The van der Waals surface area contributed by atoms with Crippen molar-refractivity contribution in [3.05, 3.63) is 48.2 Å². The molecule has 1 atom stereocenters. The van der Waals surface area contributed by atoms with Crippen LogP contribution >= 0.6 is 0 Å². The molecular weight excluding hydrogens is 359 g/mol. The lowest BCUT2D eigenvalue weighted by atomic mass is 9.97. The Balaban J connectivity index is 1.38. The number of carbonyl (C=O) groups is 1. The van der Waals surface area contributed by atoms with Gasteiger partial charge in [-0.1, -0.05) is 18.2 Å². The average molecular weight is 377 g/mol. The van der Waals surface area contributed by atoms with Gasteiger partial charge in [0, 0.05) is 24.7 Å². The van der Waals surface area contributed by atoms with Crippen LogP contribution in [0.2, 0.25) is 0 Å². The number of alkyl halides is 3. The summed E-state index contributed by atoms with van der Waals surface area (Å²) in [6.45, 7) is 0.506. The maximum absolute atomic E-state index is 12.9. The van der Waals surface area contributed by atoms with Crippen LogP contribution in [-0.2, 0) is 30.8 Å². The maximum Gasteiger partial charge on any atom is 0.392 e. The highest BCUT2D eigenvalue weighted by atomic mass is 19.4. The van der Waals surface area contributed by atoms with Gasteiger partial charge in [0.05, 0.1) is 12.5 Å². The van der Waals surface area contributed by atoms with Crippen LogP contribution in [-0.4, -0.2) is 31.4 Å². The van der Waals surface area contributed by atoms with Crippen LogP contribution < -0.4 is 5.32 Å². The second-order valence-corrected chi connectivity index (χ2v) is 6.69. The number of nitrogens with zero attached hydrogens (tertiary/aromatic N) is 4. The van der Waals surface area contributed by atoms with Crippen molar-refractivity contribution in [2.24, 2.45) is 5.92 Å². The van der Waals surface area contributed by atoms with Crippen molar-refractivity contribution in [3.63, 3.8) is 0 Å². The number of rotatable bonds is 4. The van der Waals surface area contributed by atoms with Crippen LogP contribution in [0.25, 0.3) is 10.9 Å². The summed E-state index contributed by atoms with van der Waals surface area (Å²) < 4.78 is 42.1. The Morgan fingerprint density at radius 1 is 1.22 bits per heavy atom. The smallest absolute Gasteiger partial charge is 0.347 e. The van der Waals surface area contributed by atoms with Gasteiger partial charge in [-0.3, -0.25) is 4.79 Å². The van der Waals surface area contributed by atoms with Gasteiger partial charge in [0.15, 0.2) is 5.82 Å². The first-order valence-corrected chi connectivity index (χ1v) is 8.70. The molecule has 4 rings (SSSR count). The summed E-state index contributed by atoms with van der Waals surface area (Å²) >= 11 is 0. The van der Waals surface area contributed by atoms with Crippen LogP contribution in [0, 0.1) is 5.92 Å². The minimum absolute atomic E-state index is 0.00480. The lowest BCUT2D eigenvalue weighted by Crippen LogP contribution is -2.33. The summed E-state index contributed by atoms with van der Waals surface area (Å²) in [5.41, 5.74) is 0.964. The van der Waals surface area contributed by atoms with Crippen LogP contribution in [0.4, 0.5) is 13.2 Å². The minimum atomic E-state index is -4.22. The second-order valence-electron chi connectivity index (χ2n) is 6.69. The molecule has 1 aliphatic rings. The first kappa shape index (κ1) is 17.6. The van der Waals surface area contributed by atoms with Gasteiger partial charge in [0.1, 0.15) is 12.4 Å². The number of benzene rings is 1. The molecule has 0 spiro atoms. The molecule has 9 heteroatoms. The van der Waals surface area contributed by atoms with E-state index >= 15 is 0 Å². The molecule has 2 aromatic heterocycles. The molecule has 3 heterocycles. The first-order chi connectivity index (χ1) is 12.9. The third-order valence-electron chi connectivity index (χ3n) is 4.93. The lowest BCUT2D eigenvalue weighted by Gasteiger charge is -2.25. The molecular formula is C18H18F3N5O. The molecule has 1 aromatic carbocycles. The van der Waals surface area contributed by atoms with E-state index in [1.54, 1.807) is 4.57 Å². The fourth-order valence-corrected chi connectivity index (χ4v) is 3.47. The van der Waals surface area contributed by atoms with E-state index in [-0.39, 0.29) is 38.4 Å². The third kappa shape index (κ3) is 3.54. The molecule has 0 radical (unpaired) electrons. The number of hydrogen-bond acceptors (Lipinski definition) is 3. The van der Waals surface area contributed by atoms with Gasteiger partial charge in [-0.15, -0.1) is 10.2 Å². The number of carbonyl (C=O) groups excluding carboxylic acids is 1. The van der Waals surface area contributed by atoms with Crippen LogP contribution in [0.5, 0.6) is 0 Å². The highest BCUT2D eigenvalue weighted by Gasteiger charge is 2.42. The van der Waals surface area contributed by atoms with Gasteiger partial charge in [-0.25, -0.2) is 0 Å². The van der Waals surface area contributed by atoms with E-state index in [0.717, 1.165) is 10.9 Å². The fraction of sp³-hybridized carbons (Fsp3) is 0.389. The van der Waals surface area contributed by atoms with Crippen molar-refractivity contribution < 1.29 is 18.0 Å². The number of aromatic nitrogens is 4. The van der Waals surface area contributed by atoms with E-state index in [9.17, 15) is 18.0 Å². The molecule has 0 saturated carbocycles. The monoisotopic (exact) mass is 377 g/mol. The largest absolute Gasteiger partial charge is 0.392 e. The Bertz CT molecular complexity index is 975. The SMILES string of the molecule is O=C(Cn1ccc2ccccc21)NCc1nnc2n1CC[C@H](C(F)(F)F)C2. The van der Waals surface area contributed by atoms with E-state index in [4.69, 9.17) is 0 Å². The number of para-hydroxylation sites is 1. The zero-order valence-corrected chi connectivity index (χ0v) is 14.4. The van der Waals surface area contributed by atoms with Crippen molar-refractivity contribution in [1.82, 2.24) is 24.6 Å². The molecule has 0 saturated heterocycles. The zero-order chi connectivity index (χ0) is 19.0. The summed E-state index contributed by atoms with van der Waals surface area (Å²) in [6, 6.07) is 9.70. The van der Waals surface area contributed by atoms with Crippen LogP contribution in [0.1, 0.15) is 18.1 Å². The molecule has 0 bridgehead atoms. The predicted octanol–water partition coefficient (Wildman–Crippen LogP) is 2.67. The van der Waals surface area contributed by atoms with Gasteiger partial charge in [0.2, 0.25) is 5.91 Å². The van der Waals surface area contributed by atoms with Crippen LogP contribution in [0.15, 0.2) is 36.5 Å². The Hall–Kier alpha value is -2.84. The molecule has 1 N–H and O–H groups in total. The maximum atomic E-state index is 12.9. The zero-order valence-electron chi connectivity index (χ0n) is 14.4. The van der Waals surface area contributed by atoms with Gasteiger partial charge in [0.25, 0.3) is 0 Å². The highest BCUT2D eigenvalue weighted by molar-refractivity contribution is 5.83. The van der Waals surface area contributed by atoms with E-state index in [0.29, 0.717) is 11.6 Å². The van der Waals surface area contributed by atoms with Gasteiger partial charge < -0.3 is 14.5 Å². The summed E-state index contributed by atoms with van der Waals surface area (Å²) in [4.78, 5) is 12.3. The topological polar surface area (TPSA) is 64.7 Å². The molecule has 6 nitrogen and oxygen atoms in total. The molecule has 0 fully saturated rings. The highest BCUT2D eigenvalue weighted by Crippen LogP contribution is 2.34. The van der Waals surface area contributed by atoms with Gasteiger partial charge in [-0.2, -0.15) is 13.2 Å². The Morgan fingerprint density at radius 2 is 2.04 bits per heavy atom. The van der Waals surface area contributed by atoms with E-state index in [2.05, 4.69) is 15.5 Å². The summed E-state index contributed by atoms with van der Waals surface area (Å²) in [7, 11) is 0. The van der Waals surface area contributed by atoms with Crippen molar-refractivity contribution in [1.29, 1.82) is 0 Å². The van der Waals surface area contributed by atoms with Crippen molar-refractivity contribution in [2.75, 3.05) is 0 Å². The second kappa shape index (κ2) is 6.71. The normalized spacial score (nSPS) is 17.1. The summed E-state index contributed by atoms with van der Waals surface area (Å²) in [5, 5.41) is 11.7. The van der Waals surface area contributed by atoms with E-state index in [1.165, 1.54) is 0 Å². The standard InChI is InChI=1S/C18H18F3N5O/c19-18(20,21)13-6-8-26-15(9-13)23-24-16(26)10-22-17(27)11-25-7-5-12-3-1-2-4-14(12)25/h1-5,7,13H,6,8-11H2,(H,22,27)/t13-/m0/s1. The number of fused-ring (bicyclic) bond motifs is 2. The van der Waals surface area contributed by atoms with E-state index < -0.39 is 12.1 Å². The average Bonchev–Trinajstić information content (AvgIpc) is 3.23. The molecule has 142 valence electrons. The predicted molar refractivity (Wildman–Crippen MR) is 91.7 cm³/mol. The number of halogens is 3. The first-order valence-electron chi connectivity index (χ1n) is 8.70. The van der Waals surface area contributed by atoms with Gasteiger partial charge >= 0.3 is 6.18 Å². The Morgan fingerprint density at radius 3 is 2.85 bits per heavy atom. The molecule has 3 aromatic rings. The number of amides is 1. The number of nitrogens with one attached hydrogen (secondary N) is 1. The Kier molecular flexibility index (Phi) is 4.37. The lowest BCUT2D eigenvalue weighted by molar-refractivity contribution is -0.179. The van der Waals surface area contributed by atoms with E-state index in [1.807, 2.05) is 41.1 Å². The minimum Gasteiger partial charge on any atom is -0.347 e. The van der Waals surface area contributed by atoms with Crippen LogP contribution in [0.3, 0.4) is 0 Å². The third-order valence-corrected chi connectivity index (χ3v) is 4.93. The Labute approximate surface area is 153 Å². The molecule has 0 unspecified atom stereocenters.